The molecular weight excluding hydrogens is 418 g/mol. The first kappa shape index (κ1) is 22.8. The van der Waals surface area contributed by atoms with Crippen molar-refractivity contribution in [2.75, 3.05) is 27.3 Å². The van der Waals surface area contributed by atoms with E-state index in [0.717, 1.165) is 5.56 Å². The molecule has 0 radical (unpaired) electrons. The predicted molar refractivity (Wildman–Crippen MR) is 118 cm³/mol. The Labute approximate surface area is 182 Å². The van der Waals surface area contributed by atoms with Crippen LogP contribution in [0, 0.1) is 12.8 Å². The van der Waals surface area contributed by atoms with Gasteiger partial charge in [-0.25, -0.2) is 13.8 Å². The Bertz CT molecular complexity index is 1040. The molecule has 1 aliphatic rings. The second-order valence-electron chi connectivity index (χ2n) is 7.33. The lowest BCUT2D eigenvalue weighted by atomic mass is 9.98. The van der Waals surface area contributed by atoms with Crippen LogP contribution >= 0.6 is 0 Å². The van der Waals surface area contributed by atoms with E-state index in [-0.39, 0.29) is 16.7 Å². The first-order valence-electron chi connectivity index (χ1n) is 9.97. The summed E-state index contributed by atoms with van der Waals surface area (Å²) in [5.41, 5.74) is 4.25. The standard InChI is InChI=1S/C22H27N3O5S/c1-16-4-8-20(9-5-16)31(27,28)25-12-10-17(11-13-25)22(26)24-23-15-18-6-7-19(29-2)14-21(18)30-3/h4-9,14-15,17H,10-13H2,1-3H3,(H,24,26)/b23-15-. The molecular formula is C22H27N3O5S. The van der Waals surface area contributed by atoms with Gasteiger partial charge < -0.3 is 9.47 Å². The van der Waals surface area contributed by atoms with E-state index in [9.17, 15) is 13.2 Å². The maximum absolute atomic E-state index is 12.8. The molecule has 2 aromatic carbocycles. The number of methoxy groups -OCH3 is 2. The fourth-order valence-corrected chi connectivity index (χ4v) is 4.87. The highest BCUT2D eigenvalue weighted by molar-refractivity contribution is 7.89. The average molecular weight is 446 g/mol. The molecule has 0 aliphatic carbocycles. The summed E-state index contributed by atoms with van der Waals surface area (Å²) in [5, 5.41) is 4.03. The van der Waals surface area contributed by atoms with E-state index in [2.05, 4.69) is 10.5 Å². The summed E-state index contributed by atoms with van der Waals surface area (Å²) in [6, 6.07) is 12.1. The molecule has 1 heterocycles. The van der Waals surface area contributed by atoms with Gasteiger partial charge in [0.2, 0.25) is 15.9 Å². The average Bonchev–Trinajstić information content (AvgIpc) is 2.79. The van der Waals surface area contributed by atoms with Gasteiger partial charge >= 0.3 is 0 Å². The zero-order chi connectivity index (χ0) is 22.4. The highest BCUT2D eigenvalue weighted by Gasteiger charge is 2.32. The van der Waals surface area contributed by atoms with Crippen molar-refractivity contribution in [3.63, 3.8) is 0 Å². The smallest absolute Gasteiger partial charge is 0.243 e. The number of sulfonamides is 1. The molecule has 3 rings (SSSR count). The number of hydrogen-bond acceptors (Lipinski definition) is 6. The number of aryl methyl sites for hydroxylation is 1. The van der Waals surface area contributed by atoms with E-state index in [0.29, 0.717) is 43.0 Å². The van der Waals surface area contributed by atoms with Gasteiger partial charge in [-0.05, 0) is 44.0 Å². The number of hydrazone groups is 1. The van der Waals surface area contributed by atoms with Crippen molar-refractivity contribution >= 4 is 22.1 Å². The van der Waals surface area contributed by atoms with Crippen LogP contribution in [-0.2, 0) is 14.8 Å². The van der Waals surface area contributed by atoms with Crippen LogP contribution < -0.4 is 14.9 Å². The van der Waals surface area contributed by atoms with Crippen molar-refractivity contribution in [1.82, 2.24) is 9.73 Å². The monoisotopic (exact) mass is 445 g/mol. The van der Waals surface area contributed by atoms with Crippen LogP contribution in [0.1, 0.15) is 24.0 Å². The van der Waals surface area contributed by atoms with E-state index >= 15 is 0 Å². The third-order valence-electron chi connectivity index (χ3n) is 5.30. The van der Waals surface area contributed by atoms with Crippen LogP contribution in [0.5, 0.6) is 11.5 Å². The first-order chi connectivity index (χ1) is 14.8. The number of benzene rings is 2. The van der Waals surface area contributed by atoms with E-state index in [1.807, 2.05) is 6.92 Å². The van der Waals surface area contributed by atoms with Gasteiger partial charge in [0, 0.05) is 30.6 Å². The lowest BCUT2D eigenvalue weighted by Crippen LogP contribution is -2.42. The fraction of sp³-hybridized carbons (Fsp3) is 0.364. The van der Waals surface area contributed by atoms with Crippen molar-refractivity contribution in [1.29, 1.82) is 0 Å². The topological polar surface area (TPSA) is 97.3 Å². The molecule has 1 N–H and O–H groups in total. The number of carbonyl (C=O) groups is 1. The highest BCUT2D eigenvalue weighted by Crippen LogP contribution is 2.25. The van der Waals surface area contributed by atoms with Crippen molar-refractivity contribution in [3.05, 3.63) is 53.6 Å². The second-order valence-corrected chi connectivity index (χ2v) is 9.27. The second kappa shape index (κ2) is 9.93. The summed E-state index contributed by atoms with van der Waals surface area (Å²) in [6.07, 6.45) is 2.39. The molecule has 8 nitrogen and oxygen atoms in total. The van der Waals surface area contributed by atoms with Crippen LogP contribution in [-0.4, -0.2) is 52.2 Å². The molecule has 1 fully saturated rings. The molecule has 1 amide bonds. The Morgan fingerprint density at radius 1 is 1.10 bits per heavy atom. The van der Waals surface area contributed by atoms with Crippen molar-refractivity contribution in [2.45, 2.75) is 24.7 Å². The summed E-state index contributed by atoms with van der Waals surface area (Å²) in [6.45, 7) is 2.50. The predicted octanol–water partition coefficient (Wildman–Crippen LogP) is 2.56. The zero-order valence-electron chi connectivity index (χ0n) is 17.9. The fourth-order valence-electron chi connectivity index (χ4n) is 3.40. The molecule has 1 saturated heterocycles. The number of nitrogens with one attached hydrogen (secondary N) is 1. The molecule has 2 aromatic rings. The van der Waals surface area contributed by atoms with Gasteiger partial charge in [-0.15, -0.1) is 0 Å². The van der Waals surface area contributed by atoms with Crippen LogP contribution in [0.2, 0.25) is 0 Å². The molecule has 0 bridgehead atoms. The van der Waals surface area contributed by atoms with Crippen LogP contribution in [0.3, 0.4) is 0 Å². The molecule has 166 valence electrons. The number of carbonyl (C=O) groups excluding carboxylic acids is 1. The minimum atomic E-state index is -3.55. The molecule has 0 aromatic heterocycles. The Balaban J connectivity index is 1.56. The van der Waals surface area contributed by atoms with Gasteiger partial charge in [-0.2, -0.15) is 9.41 Å². The van der Waals surface area contributed by atoms with Gasteiger partial charge in [0.1, 0.15) is 11.5 Å². The molecule has 9 heteroatoms. The Morgan fingerprint density at radius 3 is 2.39 bits per heavy atom. The first-order valence-corrected chi connectivity index (χ1v) is 11.4. The maximum atomic E-state index is 12.8. The zero-order valence-corrected chi connectivity index (χ0v) is 18.7. The summed E-state index contributed by atoms with van der Waals surface area (Å²) >= 11 is 0. The number of ether oxygens (including phenoxy) is 2. The molecule has 0 saturated carbocycles. The van der Waals surface area contributed by atoms with Crippen molar-refractivity contribution in [2.24, 2.45) is 11.0 Å². The lowest BCUT2D eigenvalue weighted by Gasteiger charge is -2.30. The molecule has 0 atom stereocenters. The summed E-state index contributed by atoms with van der Waals surface area (Å²) in [7, 11) is -0.432. The van der Waals surface area contributed by atoms with E-state index < -0.39 is 10.0 Å². The van der Waals surface area contributed by atoms with Crippen LogP contribution in [0.25, 0.3) is 0 Å². The normalized spacial score (nSPS) is 15.7. The van der Waals surface area contributed by atoms with Crippen molar-refractivity contribution in [3.8, 4) is 11.5 Å². The van der Waals surface area contributed by atoms with E-state index in [4.69, 9.17) is 9.47 Å². The Morgan fingerprint density at radius 2 is 1.77 bits per heavy atom. The summed E-state index contributed by atoms with van der Waals surface area (Å²) in [4.78, 5) is 12.7. The number of hydrogen-bond donors (Lipinski definition) is 1. The third-order valence-corrected chi connectivity index (χ3v) is 7.22. The van der Waals surface area contributed by atoms with Gasteiger partial charge in [0.05, 0.1) is 25.3 Å². The SMILES string of the molecule is COc1ccc(/C=N\NC(=O)C2CCN(S(=O)(=O)c3ccc(C)cc3)CC2)c(OC)c1. The van der Waals surface area contributed by atoms with Crippen molar-refractivity contribution < 1.29 is 22.7 Å². The van der Waals surface area contributed by atoms with E-state index in [1.165, 1.54) is 10.5 Å². The number of amides is 1. The minimum Gasteiger partial charge on any atom is -0.497 e. The summed E-state index contributed by atoms with van der Waals surface area (Å²) < 4.78 is 37.5. The molecule has 0 unspecified atom stereocenters. The largest absolute Gasteiger partial charge is 0.497 e. The molecule has 31 heavy (non-hydrogen) atoms. The van der Waals surface area contributed by atoms with Gasteiger partial charge in [-0.1, -0.05) is 17.7 Å². The molecule has 1 aliphatic heterocycles. The van der Waals surface area contributed by atoms with Crippen LogP contribution in [0.15, 0.2) is 52.5 Å². The lowest BCUT2D eigenvalue weighted by molar-refractivity contribution is -0.126. The maximum Gasteiger partial charge on any atom is 0.243 e. The third kappa shape index (κ3) is 5.42. The van der Waals surface area contributed by atoms with Crippen LogP contribution in [0.4, 0.5) is 0 Å². The number of nitrogens with zero attached hydrogens (tertiary/aromatic N) is 2. The van der Waals surface area contributed by atoms with Gasteiger partial charge in [-0.3, -0.25) is 4.79 Å². The van der Waals surface area contributed by atoms with Gasteiger partial charge in [0.25, 0.3) is 0 Å². The number of piperidine rings is 1. The molecule has 0 spiro atoms. The number of rotatable bonds is 7. The Hall–Kier alpha value is -2.91. The quantitative estimate of drug-likeness (QED) is 0.522. The van der Waals surface area contributed by atoms with E-state index in [1.54, 1.807) is 56.7 Å². The Kier molecular flexibility index (Phi) is 7.29. The highest BCUT2D eigenvalue weighted by atomic mass is 32.2. The minimum absolute atomic E-state index is 0.226. The van der Waals surface area contributed by atoms with Gasteiger partial charge in [0.15, 0.2) is 0 Å². The summed E-state index contributed by atoms with van der Waals surface area (Å²) in [5.74, 6) is 0.716.